The first kappa shape index (κ1) is 19.8. The summed E-state index contributed by atoms with van der Waals surface area (Å²) in [6, 6.07) is 2.09. The Hall–Kier alpha value is -0.558. The maximum absolute atomic E-state index is 6.31. The summed E-state index contributed by atoms with van der Waals surface area (Å²) >= 11 is 0. The van der Waals surface area contributed by atoms with Crippen molar-refractivity contribution in [2.75, 3.05) is 13.2 Å². The van der Waals surface area contributed by atoms with E-state index in [-0.39, 0.29) is 17.6 Å². The van der Waals surface area contributed by atoms with Gasteiger partial charge in [0.1, 0.15) is 11.5 Å². The van der Waals surface area contributed by atoms with E-state index in [0.717, 1.165) is 30.3 Å². The summed E-state index contributed by atoms with van der Waals surface area (Å²) in [4.78, 5) is 0. The fraction of sp³-hybridized carbons (Fsp3) is 0.778. The number of hydrogen-bond donors (Lipinski definition) is 0. The van der Waals surface area contributed by atoms with Crippen molar-refractivity contribution >= 4 is 15.4 Å². The van der Waals surface area contributed by atoms with Crippen LogP contribution in [0.4, 0.5) is 0 Å². The highest BCUT2D eigenvalue weighted by molar-refractivity contribution is 6.74. The van der Waals surface area contributed by atoms with Crippen LogP contribution < -0.4 is 0 Å². The number of furan rings is 1. The van der Waals surface area contributed by atoms with Crippen molar-refractivity contribution in [3.05, 3.63) is 23.2 Å². The molecule has 2 rings (SSSR count). The lowest BCUT2D eigenvalue weighted by Crippen LogP contribution is -2.41. The maximum Gasteiger partial charge on any atom is 0.464 e. The first-order valence-corrected chi connectivity index (χ1v) is 11.8. The minimum absolute atomic E-state index is 0.0950. The highest BCUT2D eigenvalue weighted by Crippen LogP contribution is 2.37. The summed E-state index contributed by atoms with van der Waals surface area (Å²) < 4.78 is 23.8. The highest BCUT2D eigenvalue weighted by atomic mass is 28.4. The monoisotopic (exact) mass is 352 g/mol. The van der Waals surface area contributed by atoms with Crippen LogP contribution in [0.25, 0.3) is 0 Å². The van der Waals surface area contributed by atoms with Gasteiger partial charge in [0.25, 0.3) is 0 Å². The molecule has 136 valence electrons. The number of rotatable bonds is 5. The first-order valence-electron chi connectivity index (χ1n) is 8.85. The lowest BCUT2D eigenvalue weighted by molar-refractivity contribution is 0.0272. The summed E-state index contributed by atoms with van der Waals surface area (Å²) in [5.74, 6) is 1.84. The van der Waals surface area contributed by atoms with E-state index in [2.05, 4.69) is 53.8 Å². The molecule has 24 heavy (non-hydrogen) atoms. The molecule has 0 saturated carbocycles. The summed E-state index contributed by atoms with van der Waals surface area (Å²) in [6.07, 6.45) is 0.650. The maximum atomic E-state index is 6.31. The van der Waals surface area contributed by atoms with Crippen LogP contribution in [-0.4, -0.2) is 28.6 Å². The van der Waals surface area contributed by atoms with Gasteiger partial charge in [-0.1, -0.05) is 34.6 Å². The van der Waals surface area contributed by atoms with E-state index in [1.807, 2.05) is 6.92 Å². The Balaban J connectivity index is 1.93. The van der Waals surface area contributed by atoms with Crippen molar-refractivity contribution < 1.29 is 18.2 Å². The second kappa shape index (κ2) is 6.98. The average Bonchev–Trinajstić information content (AvgIpc) is 2.78. The Kier molecular flexibility index (Phi) is 5.75. The summed E-state index contributed by atoms with van der Waals surface area (Å²) in [7, 11) is -1.96. The molecule has 1 aromatic heterocycles. The van der Waals surface area contributed by atoms with Crippen molar-refractivity contribution in [1.82, 2.24) is 0 Å². The van der Waals surface area contributed by atoms with Gasteiger partial charge in [0.15, 0.2) is 8.32 Å². The molecule has 1 saturated heterocycles. The van der Waals surface area contributed by atoms with Gasteiger partial charge in [0.05, 0.1) is 6.61 Å². The smallest absolute Gasteiger partial charge is 0.464 e. The van der Waals surface area contributed by atoms with E-state index in [1.165, 1.54) is 0 Å². The Labute approximate surface area is 148 Å². The summed E-state index contributed by atoms with van der Waals surface area (Å²) in [5.41, 5.74) is 1.23. The predicted octanol–water partition coefficient (Wildman–Crippen LogP) is 4.75. The zero-order chi connectivity index (χ0) is 18.2. The van der Waals surface area contributed by atoms with E-state index in [0.29, 0.717) is 12.9 Å². The number of hydrogen-bond acceptors (Lipinski definition) is 4. The molecule has 2 heterocycles. The van der Waals surface area contributed by atoms with Crippen molar-refractivity contribution in [2.24, 2.45) is 5.41 Å². The van der Waals surface area contributed by atoms with Crippen LogP contribution in [0.3, 0.4) is 0 Å². The zero-order valence-electron chi connectivity index (χ0n) is 16.6. The van der Waals surface area contributed by atoms with Crippen molar-refractivity contribution in [1.29, 1.82) is 0 Å². The first-order chi connectivity index (χ1) is 10.9. The SMILES string of the molecule is Cc1oc(CB2OCC(C)(C)CO2)cc1CO[Si](C)(C)C(C)(C)C. The second-order valence-electron chi connectivity index (χ2n) is 9.26. The van der Waals surface area contributed by atoms with Crippen LogP contribution in [0.2, 0.25) is 18.1 Å². The third-order valence-corrected chi connectivity index (χ3v) is 9.63. The molecule has 0 aliphatic carbocycles. The van der Waals surface area contributed by atoms with Gasteiger partial charge in [-0.15, -0.1) is 0 Å². The largest absolute Gasteiger partial charge is 0.467 e. The Morgan fingerprint density at radius 3 is 2.33 bits per heavy atom. The molecule has 1 aromatic rings. The van der Waals surface area contributed by atoms with E-state index in [4.69, 9.17) is 18.2 Å². The molecule has 1 aliphatic heterocycles. The quantitative estimate of drug-likeness (QED) is 0.717. The molecule has 0 bridgehead atoms. The Morgan fingerprint density at radius 1 is 1.21 bits per heavy atom. The van der Waals surface area contributed by atoms with E-state index in [9.17, 15) is 0 Å². The van der Waals surface area contributed by atoms with Crippen LogP contribution in [0.15, 0.2) is 10.5 Å². The lowest BCUT2D eigenvalue weighted by atomic mass is 9.79. The molecule has 0 N–H and O–H groups in total. The summed E-state index contributed by atoms with van der Waals surface area (Å²) in [6.45, 7) is 19.7. The van der Waals surface area contributed by atoms with Gasteiger partial charge in [0, 0.05) is 30.5 Å². The van der Waals surface area contributed by atoms with Gasteiger partial charge in [-0.2, -0.15) is 0 Å². The highest BCUT2D eigenvalue weighted by Gasteiger charge is 2.37. The molecule has 0 amide bonds. The standard InChI is InChI=1S/C18H33BO4Si/c1-14-15(11-22-24(7,8)17(2,3)4)9-16(23-14)10-19-20-12-18(5,6)13-21-19/h9H,10-13H2,1-8H3. The fourth-order valence-corrected chi connectivity index (χ4v) is 3.26. The fourth-order valence-electron chi connectivity index (χ4n) is 2.32. The third-order valence-electron chi connectivity index (χ3n) is 5.15. The molecule has 0 spiro atoms. The Bertz CT molecular complexity index is 550. The zero-order valence-corrected chi connectivity index (χ0v) is 17.6. The van der Waals surface area contributed by atoms with Crippen LogP contribution in [0.1, 0.15) is 51.7 Å². The van der Waals surface area contributed by atoms with Crippen LogP contribution >= 0.6 is 0 Å². The minimum Gasteiger partial charge on any atom is -0.467 e. The van der Waals surface area contributed by atoms with Crippen LogP contribution in [-0.2, 0) is 26.7 Å². The number of aryl methyl sites for hydroxylation is 1. The third kappa shape index (κ3) is 4.97. The van der Waals surface area contributed by atoms with Gasteiger partial charge in [-0.3, -0.25) is 0 Å². The lowest BCUT2D eigenvalue weighted by Gasteiger charge is -2.36. The molecule has 0 radical (unpaired) electrons. The summed E-state index contributed by atoms with van der Waals surface area (Å²) in [5, 5.41) is 0.212. The van der Waals surface area contributed by atoms with E-state index in [1.54, 1.807) is 0 Å². The minimum atomic E-state index is -1.75. The second-order valence-corrected chi connectivity index (χ2v) is 14.1. The van der Waals surface area contributed by atoms with Crippen molar-refractivity contribution in [3.8, 4) is 0 Å². The van der Waals surface area contributed by atoms with Crippen LogP contribution in [0.5, 0.6) is 0 Å². The molecule has 0 atom stereocenters. The molecule has 6 heteroatoms. The van der Waals surface area contributed by atoms with Gasteiger partial charge < -0.3 is 18.2 Å². The van der Waals surface area contributed by atoms with E-state index < -0.39 is 8.32 Å². The topological polar surface area (TPSA) is 40.8 Å². The molecule has 0 aromatic carbocycles. The van der Waals surface area contributed by atoms with Crippen molar-refractivity contribution in [3.63, 3.8) is 0 Å². The molecular formula is C18H33BO4Si. The molecule has 0 unspecified atom stereocenters. The van der Waals surface area contributed by atoms with Gasteiger partial charge in [-0.25, -0.2) is 0 Å². The van der Waals surface area contributed by atoms with Gasteiger partial charge in [0.2, 0.25) is 0 Å². The van der Waals surface area contributed by atoms with Crippen molar-refractivity contribution in [2.45, 2.75) is 72.6 Å². The predicted molar refractivity (Wildman–Crippen MR) is 101 cm³/mol. The van der Waals surface area contributed by atoms with E-state index >= 15 is 0 Å². The molecular weight excluding hydrogens is 319 g/mol. The van der Waals surface area contributed by atoms with Crippen LogP contribution in [0, 0.1) is 12.3 Å². The molecule has 1 aliphatic rings. The Morgan fingerprint density at radius 2 is 1.79 bits per heavy atom. The molecule has 1 fully saturated rings. The van der Waals surface area contributed by atoms with Gasteiger partial charge in [-0.05, 0) is 31.1 Å². The average molecular weight is 352 g/mol. The molecule has 4 nitrogen and oxygen atoms in total. The normalized spacial score (nSPS) is 18.9. The van der Waals surface area contributed by atoms with Gasteiger partial charge >= 0.3 is 7.12 Å².